The van der Waals surface area contributed by atoms with Gasteiger partial charge in [0, 0.05) is 18.0 Å². The fourth-order valence-corrected chi connectivity index (χ4v) is 3.70. The van der Waals surface area contributed by atoms with Gasteiger partial charge in [-0.3, -0.25) is 4.79 Å². The highest BCUT2D eigenvalue weighted by Crippen LogP contribution is 2.33. The molecular weight excluding hydrogens is 378 g/mol. The summed E-state index contributed by atoms with van der Waals surface area (Å²) in [4.78, 5) is 25.8. The number of methoxy groups -OCH3 is 1. The van der Waals surface area contributed by atoms with Crippen LogP contribution in [0.5, 0.6) is 5.75 Å². The molecule has 3 aromatic carbocycles. The van der Waals surface area contributed by atoms with Crippen LogP contribution >= 0.6 is 0 Å². The largest absolute Gasteiger partial charge is 0.496 e. The second-order valence-corrected chi connectivity index (χ2v) is 6.87. The highest BCUT2D eigenvalue weighted by Gasteiger charge is 2.23. The Balaban J connectivity index is 1.69. The number of hydrogen-bond donors (Lipinski definition) is 0. The van der Waals surface area contributed by atoms with Gasteiger partial charge in [-0.2, -0.15) is 0 Å². The van der Waals surface area contributed by atoms with Gasteiger partial charge in [0.15, 0.2) is 6.61 Å². The third-order valence-electron chi connectivity index (χ3n) is 5.09. The minimum atomic E-state index is -0.595. The molecule has 5 heteroatoms. The SMILES string of the molecule is COc1ccccc1C(=O)OCC(=O)c1c(-c2ccccc2)n(C)c2ccccc12. The van der Waals surface area contributed by atoms with Gasteiger partial charge in [0.1, 0.15) is 11.3 Å². The molecule has 0 aliphatic rings. The lowest BCUT2D eigenvalue weighted by molar-refractivity contribution is 0.0472. The summed E-state index contributed by atoms with van der Waals surface area (Å²) in [6, 6.07) is 24.2. The number of carbonyl (C=O) groups excluding carboxylic acids is 2. The van der Waals surface area contributed by atoms with Crippen molar-refractivity contribution in [2.45, 2.75) is 0 Å². The average Bonchev–Trinajstić information content (AvgIpc) is 3.10. The normalized spacial score (nSPS) is 10.7. The van der Waals surface area contributed by atoms with Gasteiger partial charge in [-0.25, -0.2) is 4.79 Å². The zero-order valence-electron chi connectivity index (χ0n) is 16.8. The Hall–Kier alpha value is -3.86. The van der Waals surface area contributed by atoms with E-state index in [4.69, 9.17) is 9.47 Å². The standard InChI is InChI=1S/C25H21NO4/c1-26-20-14-8-6-12-18(20)23(24(26)17-10-4-3-5-11-17)21(27)16-30-25(28)19-13-7-9-15-22(19)29-2/h3-15H,16H2,1-2H3. The highest BCUT2D eigenvalue weighted by molar-refractivity contribution is 6.14. The first-order valence-electron chi connectivity index (χ1n) is 9.58. The molecule has 0 spiro atoms. The number of esters is 1. The Morgan fingerprint density at radius 2 is 1.53 bits per heavy atom. The zero-order chi connectivity index (χ0) is 21.1. The molecule has 0 saturated heterocycles. The third-order valence-corrected chi connectivity index (χ3v) is 5.09. The van der Waals surface area contributed by atoms with Gasteiger partial charge in [0.05, 0.1) is 18.4 Å². The van der Waals surface area contributed by atoms with Crippen LogP contribution in [0.15, 0.2) is 78.9 Å². The van der Waals surface area contributed by atoms with Crippen molar-refractivity contribution >= 4 is 22.7 Å². The molecule has 0 fully saturated rings. The number of para-hydroxylation sites is 2. The van der Waals surface area contributed by atoms with Gasteiger partial charge in [-0.1, -0.05) is 60.7 Å². The zero-order valence-corrected chi connectivity index (χ0v) is 16.8. The van der Waals surface area contributed by atoms with Crippen molar-refractivity contribution in [2.24, 2.45) is 7.05 Å². The molecule has 4 aromatic rings. The van der Waals surface area contributed by atoms with Crippen LogP contribution in [-0.2, 0) is 11.8 Å². The second-order valence-electron chi connectivity index (χ2n) is 6.87. The molecule has 0 bridgehead atoms. The number of benzene rings is 3. The van der Waals surface area contributed by atoms with Gasteiger partial charge in [-0.15, -0.1) is 0 Å². The first-order chi connectivity index (χ1) is 14.6. The molecule has 4 rings (SSSR count). The molecule has 30 heavy (non-hydrogen) atoms. The number of aromatic nitrogens is 1. The number of ether oxygens (including phenoxy) is 2. The number of nitrogens with zero attached hydrogens (tertiary/aromatic N) is 1. The second kappa shape index (κ2) is 8.25. The molecule has 0 aliphatic carbocycles. The molecule has 0 N–H and O–H groups in total. The van der Waals surface area contributed by atoms with Crippen LogP contribution in [0.1, 0.15) is 20.7 Å². The summed E-state index contributed by atoms with van der Waals surface area (Å²) < 4.78 is 12.6. The lowest BCUT2D eigenvalue weighted by Crippen LogP contribution is -2.15. The fourth-order valence-electron chi connectivity index (χ4n) is 3.70. The molecule has 1 heterocycles. The number of aryl methyl sites for hydroxylation is 1. The first-order valence-corrected chi connectivity index (χ1v) is 9.58. The summed E-state index contributed by atoms with van der Waals surface area (Å²) in [5, 5.41) is 0.831. The van der Waals surface area contributed by atoms with Crippen molar-refractivity contribution in [1.82, 2.24) is 4.57 Å². The van der Waals surface area contributed by atoms with Crippen molar-refractivity contribution in [1.29, 1.82) is 0 Å². The van der Waals surface area contributed by atoms with Crippen molar-refractivity contribution in [3.05, 3.63) is 90.0 Å². The van der Waals surface area contributed by atoms with E-state index in [1.54, 1.807) is 24.3 Å². The van der Waals surface area contributed by atoms with Gasteiger partial charge in [-0.05, 0) is 23.8 Å². The highest BCUT2D eigenvalue weighted by atomic mass is 16.5. The molecular formula is C25H21NO4. The summed E-state index contributed by atoms with van der Waals surface area (Å²) in [5.74, 6) is -0.443. The van der Waals surface area contributed by atoms with Crippen molar-refractivity contribution in [2.75, 3.05) is 13.7 Å². The van der Waals surface area contributed by atoms with Gasteiger partial charge in [0.25, 0.3) is 0 Å². The molecule has 150 valence electrons. The van der Waals surface area contributed by atoms with Gasteiger partial charge < -0.3 is 14.0 Å². The topological polar surface area (TPSA) is 57.5 Å². The van der Waals surface area contributed by atoms with E-state index < -0.39 is 5.97 Å². The Bertz CT molecular complexity index is 1220. The Morgan fingerprint density at radius 3 is 2.30 bits per heavy atom. The molecule has 0 atom stereocenters. The van der Waals surface area contributed by atoms with Gasteiger partial charge >= 0.3 is 5.97 Å². The minimum Gasteiger partial charge on any atom is -0.496 e. The summed E-state index contributed by atoms with van der Waals surface area (Å²) in [5.41, 5.74) is 3.50. The van der Waals surface area contributed by atoms with E-state index in [1.165, 1.54) is 7.11 Å². The number of fused-ring (bicyclic) bond motifs is 1. The van der Waals surface area contributed by atoms with E-state index in [0.29, 0.717) is 11.3 Å². The third kappa shape index (κ3) is 3.46. The minimum absolute atomic E-state index is 0.256. The first kappa shape index (κ1) is 19.5. The fraction of sp³-hybridized carbons (Fsp3) is 0.120. The van der Waals surface area contributed by atoms with Crippen LogP contribution in [0, 0.1) is 0 Å². The maximum absolute atomic E-state index is 13.2. The van der Waals surface area contributed by atoms with Crippen LogP contribution in [0.4, 0.5) is 0 Å². The van der Waals surface area contributed by atoms with Crippen molar-refractivity contribution < 1.29 is 19.1 Å². The van der Waals surface area contributed by atoms with Crippen LogP contribution in [-0.4, -0.2) is 30.0 Å². The van der Waals surface area contributed by atoms with Crippen LogP contribution < -0.4 is 4.74 Å². The molecule has 1 aromatic heterocycles. The lowest BCUT2D eigenvalue weighted by Gasteiger charge is -2.10. The molecule has 0 aliphatic heterocycles. The number of ketones is 1. The van der Waals surface area contributed by atoms with E-state index >= 15 is 0 Å². The van der Waals surface area contributed by atoms with Crippen LogP contribution in [0.25, 0.3) is 22.2 Å². The Morgan fingerprint density at radius 1 is 0.867 bits per heavy atom. The van der Waals surface area contributed by atoms with E-state index in [2.05, 4.69) is 0 Å². The number of hydrogen-bond acceptors (Lipinski definition) is 4. The summed E-state index contributed by atoms with van der Waals surface area (Å²) in [6.45, 7) is -0.356. The van der Waals surface area contributed by atoms with Crippen molar-refractivity contribution in [3.63, 3.8) is 0 Å². The van der Waals surface area contributed by atoms with Crippen LogP contribution in [0.2, 0.25) is 0 Å². The molecule has 5 nitrogen and oxygen atoms in total. The smallest absolute Gasteiger partial charge is 0.342 e. The predicted octanol–water partition coefficient (Wildman–Crippen LogP) is 4.89. The van der Waals surface area contributed by atoms with E-state index in [0.717, 1.165) is 22.2 Å². The van der Waals surface area contributed by atoms with Crippen molar-refractivity contribution in [3.8, 4) is 17.0 Å². The Labute approximate surface area is 174 Å². The molecule has 0 unspecified atom stereocenters. The number of carbonyl (C=O) groups is 2. The number of Topliss-reactive ketones (excluding diaryl/α,β-unsaturated/α-hetero) is 1. The van der Waals surface area contributed by atoms with E-state index in [9.17, 15) is 9.59 Å². The lowest BCUT2D eigenvalue weighted by atomic mass is 10.0. The molecule has 0 amide bonds. The number of rotatable bonds is 6. The van der Waals surface area contributed by atoms with Gasteiger partial charge in [0.2, 0.25) is 5.78 Å². The molecule has 0 saturated carbocycles. The maximum atomic E-state index is 13.2. The predicted molar refractivity (Wildman–Crippen MR) is 116 cm³/mol. The molecule has 0 radical (unpaired) electrons. The average molecular weight is 399 g/mol. The monoisotopic (exact) mass is 399 g/mol. The Kier molecular flexibility index (Phi) is 5.35. The summed E-state index contributed by atoms with van der Waals surface area (Å²) >= 11 is 0. The summed E-state index contributed by atoms with van der Waals surface area (Å²) in [7, 11) is 3.42. The van der Waals surface area contributed by atoms with E-state index in [-0.39, 0.29) is 18.0 Å². The van der Waals surface area contributed by atoms with E-state index in [1.807, 2.05) is 66.2 Å². The van der Waals surface area contributed by atoms with Crippen LogP contribution in [0.3, 0.4) is 0 Å². The quantitative estimate of drug-likeness (QED) is 0.342. The maximum Gasteiger partial charge on any atom is 0.342 e. The summed E-state index contributed by atoms with van der Waals surface area (Å²) in [6.07, 6.45) is 0.